The summed E-state index contributed by atoms with van der Waals surface area (Å²) in [5, 5.41) is 10.2. The molecule has 1 amide bonds. The number of piperidine rings is 1. The Morgan fingerprint density at radius 1 is 1.38 bits per heavy atom. The molecule has 3 heterocycles. The third kappa shape index (κ3) is 2.51. The second kappa shape index (κ2) is 5.96. The van der Waals surface area contributed by atoms with Crippen LogP contribution in [0.15, 0.2) is 18.6 Å². The molecular formula is C18H22N6O2. The summed E-state index contributed by atoms with van der Waals surface area (Å²) in [6, 6.07) is 1.88. The highest BCUT2D eigenvalue weighted by molar-refractivity contribution is 5.84. The molecule has 2 aromatic heterocycles. The quantitative estimate of drug-likeness (QED) is 0.822. The van der Waals surface area contributed by atoms with Crippen molar-refractivity contribution in [2.24, 2.45) is 17.8 Å². The molecule has 0 spiro atoms. The van der Waals surface area contributed by atoms with Gasteiger partial charge in [-0.05, 0) is 36.2 Å². The summed E-state index contributed by atoms with van der Waals surface area (Å²) < 4.78 is 5.17. The van der Waals surface area contributed by atoms with Crippen LogP contribution in [0.3, 0.4) is 0 Å². The van der Waals surface area contributed by atoms with Gasteiger partial charge in [0.15, 0.2) is 0 Å². The number of H-pyrrole nitrogens is 1. The Hall–Kier alpha value is -2.64. The van der Waals surface area contributed by atoms with Crippen LogP contribution in [-0.2, 0) is 11.2 Å². The molecule has 8 nitrogen and oxygen atoms in total. The Kier molecular flexibility index (Phi) is 3.58. The number of methoxy groups -OCH3 is 1. The minimum Gasteiger partial charge on any atom is -0.481 e. The predicted molar refractivity (Wildman–Crippen MR) is 93.9 cm³/mol. The number of hydrogen-bond donors (Lipinski definition) is 2. The average molecular weight is 354 g/mol. The maximum absolute atomic E-state index is 12.5. The Balaban J connectivity index is 1.13. The number of aromatic nitrogens is 4. The fourth-order valence-electron chi connectivity index (χ4n) is 4.62. The Labute approximate surface area is 151 Å². The van der Waals surface area contributed by atoms with E-state index in [0.717, 1.165) is 44.0 Å². The standard InChI is InChI=1S/C18H22N6O2/c1-26-16-4-15(20-9-21-16)24-7-13-12(14(13)8-24)6-19-18(25)11-3-2-10-5-22-23-17(10)11/h4-5,9,11-14H,2-3,6-8H2,1H3,(H,19,25)(H,22,23). The molecule has 136 valence electrons. The van der Waals surface area contributed by atoms with Crippen LogP contribution in [0.1, 0.15) is 23.6 Å². The average Bonchev–Trinajstić information content (AvgIpc) is 3.12. The number of ether oxygens (including phenoxy) is 1. The Morgan fingerprint density at radius 2 is 2.23 bits per heavy atom. The van der Waals surface area contributed by atoms with Gasteiger partial charge in [-0.15, -0.1) is 0 Å². The van der Waals surface area contributed by atoms with Gasteiger partial charge in [0, 0.05) is 25.7 Å². The molecule has 3 aliphatic rings. The fourth-order valence-corrected chi connectivity index (χ4v) is 4.62. The van der Waals surface area contributed by atoms with Crippen LogP contribution in [-0.4, -0.2) is 52.8 Å². The number of nitrogens with one attached hydrogen (secondary N) is 2. The van der Waals surface area contributed by atoms with Crippen LogP contribution in [0.25, 0.3) is 0 Å². The molecule has 0 bridgehead atoms. The van der Waals surface area contributed by atoms with Crippen LogP contribution in [0.2, 0.25) is 0 Å². The van der Waals surface area contributed by atoms with Gasteiger partial charge in [-0.3, -0.25) is 9.89 Å². The van der Waals surface area contributed by atoms with Gasteiger partial charge in [0.1, 0.15) is 12.1 Å². The van der Waals surface area contributed by atoms with E-state index in [1.54, 1.807) is 13.4 Å². The maximum atomic E-state index is 12.5. The second-order valence-electron chi connectivity index (χ2n) is 7.46. The largest absolute Gasteiger partial charge is 0.481 e. The first-order valence-electron chi connectivity index (χ1n) is 9.15. The zero-order valence-electron chi connectivity index (χ0n) is 14.7. The highest BCUT2D eigenvalue weighted by Crippen LogP contribution is 2.52. The normalized spacial score (nSPS) is 28.6. The van der Waals surface area contributed by atoms with E-state index in [4.69, 9.17) is 4.74 Å². The molecule has 1 aliphatic heterocycles. The SMILES string of the molecule is COc1cc(N2CC3C(CNC(=O)C4CCc5cn[nH]c54)C3C2)ncn1. The van der Waals surface area contributed by atoms with E-state index in [1.807, 2.05) is 12.3 Å². The summed E-state index contributed by atoms with van der Waals surface area (Å²) in [4.78, 5) is 23.2. The maximum Gasteiger partial charge on any atom is 0.229 e. The summed E-state index contributed by atoms with van der Waals surface area (Å²) in [5.74, 6) is 3.46. The van der Waals surface area contributed by atoms with Crippen molar-refractivity contribution in [1.29, 1.82) is 0 Å². The van der Waals surface area contributed by atoms with Crippen molar-refractivity contribution in [3.8, 4) is 5.88 Å². The first kappa shape index (κ1) is 15.6. The van der Waals surface area contributed by atoms with Gasteiger partial charge in [0.2, 0.25) is 11.8 Å². The molecule has 3 unspecified atom stereocenters. The van der Waals surface area contributed by atoms with E-state index in [1.165, 1.54) is 5.56 Å². The molecule has 3 atom stereocenters. The monoisotopic (exact) mass is 354 g/mol. The van der Waals surface area contributed by atoms with Crippen LogP contribution in [0.5, 0.6) is 5.88 Å². The minimum absolute atomic E-state index is 0.0592. The molecule has 0 aromatic carbocycles. The third-order valence-electron chi connectivity index (χ3n) is 6.16. The second-order valence-corrected chi connectivity index (χ2v) is 7.46. The number of aryl methyl sites for hydroxylation is 1. The summed E-state index contributed by atoms with van der Waals surface area (Å²) in [5.41, 5.74) is 2.19. The van der Waals surface area contributed by atoms with Gasteiger partial charge in [0.05, 0.1) is 24.9 Å². The smallest absolute Gasteiger partial charge is 0.229 e. The number of rotatable bonds is 5. The predicted octanol–water partition coefficient (Wildman–Crippen LogP) is 0.737. The van der Waals surface area contributed by atoms with Gasteiger partial charge in [0.25, 0.3) is 0 Å². The first-order valence-corrected chi connectivity index (χ1v) is 9.15. The lowest BCUT2D eigenvalue weighted by Gasteiger charge is -2.21. The summed E-state index contributed by atoms with van der Waals surface area (Å²) in [6.45, 7) is 2.74. The molecule has 0 radical (unpaired) electrons. The molecule has 2 aromatic rings. The lowest BCUT2D eigenvalue weighted by Crippen LogP contribution is -2.33. The van der Waals surface area contributed by atoms with E-state index in [9.17, 15) is 4.79 Å². The van der Waals surface area contributed by atoms with Crippen molar-refractivity contribution in [2.45, 2.75) is 18.8 Å². The molecule has 1 saturated carbocycles. The van der Waals surface area contributed by atoms with Crippen molar-refractivity contribution < 1.29 is 9.53 Å². The highest BCUT2D eigenvalue weighted by atomic mass is 16.5. The summed E-state index contributed by atoms with van der Waals surface area (Å²) >= 11 is 0. The molecule has 5 rings (SSSR count). The first-order chi connectivity index (χ1) is 12.7. The number of hydrogen-bond acceptors (Lipinski definition) is 6. The number of anilines is 1. The number of nitrogens with zero attached hydrogens (tertiary/aromatic N) is 4. The zero-order valence-corrected chi connectivity index (χ0v) is 14.7. The van der Waals surface area contributed by atoms with Gasteiger partial charge in [-0.2, -0.15) is 5.10 Å². The van der Waals surface area contributed by atoms with Gasteiger partial charge >= 0.3 is 0 Å². The lowest BCUT2D eigenvalue weighted by atomic mass is 10.1. The van der Waals surface area contributed by atoms with E-state index < -0.39 is 0 Å². The van der Waals surface area contributed by atoms with Crippen LogP contribution in [0, 0.1) is 17.8 Å². The molecule has 8 heteroatoms. The van der Waals surface area contributed by atoms with E-state index >= 15 is 0 Å². The van der Waals surface area contributed by atoms with Crippen LogP contribution < -0.4 is 15.0 Å². The number of carbonyl (C=O) groups is 1. The van der Waals surface area contributed by atoms with Crippen LogP contribution >= 0.6 is 0 Å². The fraction of sp³-hybridized carbons (Fsp3) is 0.556. The van der Waals surface area contributed by atoms with E-state index in [2.05, 4.69) is 30.4 Å². The van der Waals surface area contributed by atoms with Crippen molar-refractivity contribution in [1.82, 2.24) is 25.5 Å². The van der Waals surface area contributed by atoms with Gasteiger partial charge in [-0.1, -0.05) is 0 Å². The molecule has 2 aliphatic carbocycles. The highest BCUT2D eigenvalue weighted by Gasteiger charge is 2.55. The van der Waals surface area contributed by atoms with E-state index in [-0.39, 0.29) is 11.8 Å². The molecule has 1 saturated heterocycles. The summed E-state index contributed by atoms with van der Waals surface area (Å²) in [6.07, 6.45) is 5.21. The number of fused-ring (bicyclic) bond motifs is 2. The third-order valence-corrected chi connectivity index (χ3v) is 6.16. The Morgan fingerprint density at radius 3 is 3.04 bits per heavy atom. The van der Waals surface area contributed by atoms with E-state index in [0.29, 0.717) is 23.6 Å². The molecule has 2 N–H and O–H groups in total. The van der Waals surface area contributed by atoms with Crippen molar-refractivity contribution >= 4 is 11.7 Å². The molecule has 2 fully saturated rings. The molecule has 26 heavy (non-hydrogen) atoms. The Bertz CT molecular complexity index is 825. The summed E-state index contributed by atoms with van der Waals surface area (Å²) in [7, 11) is 1.61. The lowest BCUT2D eigenvalue weighted by molar-refractivity contribution is -0.122. The van der Waals surface area contributed by atoms with Gasteiger partial charge in [-0.25, -0.2) is 9.97 Å². The zero-order chi connectivity index (χ0) is 17.7. The molecular weight excluding hydrogens is 332 g/mol. The van der Waals surface area contributed by atoms with Crippen LogP contribution in [0.4, 0.5) is 5.82 Å². The van der Waals surface area contributed by atoms with Gasteiger partial charge < -0.3 is 15.0 Å². The number of amides is 1. The minimum atomic E-state index is -0.0592. The van der Waals surface area contributed by atoms with Crippen molar-refractivity contribution in [3.05, 3.63) is 29.8 Å². The van der Waals surface area contributed by atoms with Crippen molar-refractivity contribution in [2.75, 3.05) is 31.6 Å². The topological polar surface area (TPSA) is 96.0 Å². The number of carbonyl (C=O) groups excluding carboxylic acids is 1. The number of aromatic amines is 1. The van der Waals surface area contributed by atoms with Crippen molar-refractivity contribution in [3.63, 3.8) is 0 Å².